The molecule has 0 aliphatic carbocycles. The highest BCUT2D eigenvalue weighted by atomic mass is 19.1. The summed E-state index contributed by atoms with van der Waals surface area (Å²) in [5.41, 5.74) is 0.996. The highest BCUT2D eigenvalue weighted by Crippen LogP contribution is 2.18. The molecule has 1 fully saturated rings. The Morgan fingerprint density at radius 2 is 1.83 bits per heavy atom. The van der Waals surface area contributed by atoms with Crippen LogP contribution in [-0.4, -0.2) is 26.2 Å². The summed E-state index contributed by atoms with van der Waals surface area (Å²) >= 11 is 0. The summed E-state index contributed by atoms with van der Waals surface area (Å²) in [6.45, 7) is 3.76. The molecule has 3 aromatic rings. The number of benzene rings is 2. The minimum Gasteiger partial charge on any atom is -0.482 e. The number of nitrogens with one attached hydrogen (secondary N) is 1. The maximum atomic E-state index is 14.0. The van der Waals surface area contributed by atoms with Gasteiger partial charge in [-0.3, -0.25) is 4.79 Å². The van der Waals surface area contributed by atoms with E-state index in [4.69, 9.17) is 9.15 Å². The molecule has 0 unspecified atom stereocenters. The molecule has 7 heteroatoms. The van der Waals surface area contributed by atoms with E-state index in [0.29, 0.717) is 23.6 Å². The molecule has 0 radical (unpaired) electrons. The van der Waals surface area contributed by atoms with Gasteiger partial charge in [0, 0.05) is 6.07 Å². The lowest BCUT2D eigenvalue weighted by Crippen LogP contribution is -3.13. The van der Waals surface area contributed by atoms with Crippen LogP contribution in [0, 0.1) is 11.6 Å². The van der Waals surface area contributed by atoms with Crippen molar-refractivity contribution in [1.82, 2.24) is 0 Å². The van der Waals surface area contributed by atoms with Gasteiger partial charge in [-0.25, -0.2) is 8.78 Å². The van der Waals surface area contributed by atoms with Crippen molar-refractivity contribution >= 4 is 5.69 Å². The lowest BCUT2D eigenvalue weighted by molar-refractivity contribution is -0.915. The van der Waals surface area contributed by atoms with Crippen LogP contribution in [0.2, 0.25) is 0 Å². The molecular weight excluding hydrogens is 390 g/mol. The molecule has 0 saturated carbocycles. The molecule has 30 heavy (non-hydrogen) atoms. The van der Waals surface area contributed by atoms with Crippen molar-refractivity contribution in [3.8, 4) is 5.75 Å². The fraction of sp³-hybridized carbons (Fsp3) is 0.261. The van der Waals surface area contributed by atoms with Gasteiger partial charge in [0.1, 0.15) is 31.0 Å². The largest absolute Gasteiger partial charge is 0.482 e. The van der Waals surface area contributed by atoms with Gasteiger partial charge in [0.05, 0.1) is 31.9 Å². The number of piperazine rings is 1. The van der Waals surface area contributed by atoms with Crippen molar-refractivity contribution in [3.05, 3.63) is 94.0 Å². The zero-order valence-electron chi connectivity index (χ0n) is 16.4. The van der Waals surface area contributed by atoms with Crippen molar-refractivity contribution in [2.75, 3.05) is 31.1 Å². The standard InChI is InChI=1S/C23H22F2N2O3/c24-18-5-3-4-17(12-18)15-30-23-16-29-19(13-22(23)28)14-26-8-10-27(11-9-26)21-7-2-1-6-20(21)25/h1-7,12-13,16H,8-11,14-15H2/p+1. The third-order valence-corrected chi connectivity index (χ3v) is 5.22. The summed E-state index contributed by atoms with van der Waals surface area (Å²) < 4.78 is 38.3. The second kappa shape index (κ2) is 9.09. The molecule has 1 saturated heterocycles. The first-order valence-electron chi connectivity index (χ1n) is 9.90. The van der Waals surface area contributed by atoms with Crippen LogP contribution in [0.15, 0.2) is 70.1 Å². The van der Waals surface area contributed by atoms with Crippen LogP contribution in [0.25, 0.3) is 0 Å². The maximum Gasteiger partial charge on any atom is 0.227 e. The quantitative estimate of drug-likeness (QED) is 0.674. The monoisotopic (exact) mass is 413 g/mol. The molecule has 4 rings (SSSR count). The zero-order chi connectivity index (χ0) is 20.9. The van der Waals surface area contributed by atoms with Gasteiger partial charge in [0.15, 0.2) is 5.76 Å². The van der Waals surface area contributed by atoms with Gasteiger partial charge in [-0.15, -0.1) is 0 Å². The van der Waals surface area contributed by atoms with E-state index in [1.54, 1.807) is 24.3 Å². The van der Waals surface area contributed by atoms with E-state index in [1.807, 2.05) is 11.0 Å². The molecule has 0 spiro atoms. The molecule has 2 heterocycles. The first-order chi connectivity index (χ1) is 14.6. The third-order valence-electron chi connectivity index (χ3n) is 5.22. The van der Waals surface area contributed by atoms with Gasteiger partial charge in [-0.1, -0.05) is 24.3 Å². The third kappa shape index (κ3) is 4.86. The van der Waals surface area contributed by atoms with Gasteiger partial charge in [0.2, 0.25) is 11.2 Å². The summed E-state index contributed by atoms with van der Waals surface area (Å²) in [5.74, 6) is 0.118. The van der Waals surface area contributed by atoms with E-state index in [9.17, 15) is 13.6 Å². The molecule has 0 atom stereocenters. The van der Waals surface area contributed by atoms with Gasteiger partial charge in [-0.05, 0) is 29.8 Å². The predicted octanol–water partition coefficient (Wildman–Crippen LogP) is 2.40. The van der Waals surface area contributed by atoms with Crippen LogP contribution in [0.1, 0.15) is 11.3 Å². The van der Waals surface area contributed by atoms with E-state index >= 15 is 0 Å². The van der Waals surface area contributed by atoms with Crippen LogP contribution in [0.4, 0.5) is 14.5 Å². The van der Waals surface area contributed by atoms with E-state index in [2.05, 4.69) is 0 Å². The highest BCUT2D eigenvalue weighted by molar-refractivity contribution is 5.47. The van der Waals surface area contributed by atoms with Crippen molar-refractivity contribution in [3.63, 3.8) is 0 Å². The minimum absolute atomic E-state index is 0.0884. The van der Waals surface area contributed by atoms with Crippen LogP contribution in [-0.2, 0) is 13.2 Å². The predicted molar refractivity (Wildman–Crippen MR) is 109 cm³/mol. The molecule has 156 valence electrons. The minimum atomic E-state index is -0.350. The summed E-state index contributed by atoms with van der Waals surface area (Å²) in [6.07, 6.45) is 1.31. The molecule has 1 N–H and O–H groups in total. The highest BCUT2D eigenvalue weighted by Gasteiger charge is 2.23. The van der Waals surface area contributed by atoms with Crippen molar-refractivity contribution < 1.29 is 22.8 Å². The number of anilines is 1. The maximum absolute atomic E-state index is 14.0. The SMILES string of the molecule is O=c1cc(C[NH+]2CCN(c3ccccc3F)CC2)occ1OCc1cccc(F)c1. The number of nitrogens with zero attached hydrogens (tertiary/aromatic N) is 1. The van der Waals surface area contributed by atoms with E-state index in [-0.39, 0.29) is 29.4 Å². The lowest BCUT2D eigenvalue weighted by atomic mass is 10.2. The molecule has 1 aliphatic heterocycles. The summed E-state index contributed by atoms with van der Waals surface area (Å²) in [5, 5.41) is 0. The van der Waals surface area contributed by atoms with E-state index < -0.39 is 0 Å². The van der Waals surface area contributed by atoms with Crippen LogP contribution >= 0.6 is 0 Å². The topological polar surface area (TPSA) is 47.1 Å². The second-order valence-electron chi connectivity index (χ2n) is 7.36. The molecule has 0 bridgehead atoms. The summed E-state index contributed by atoms with van der Waals surface area (Å²) in [7, 11) is 0. The smallest absolute Gasteiger partial charge is 0.227 e. The van der Waals surface area contributed by atoms with Crippen LogP contribution in [0.3, 0.4) is 0 Å². The fourth-order valence-corrected chi connectivity index (χ4v) is 3.62. The Kier molecular flexibility index (Phi) is 6.09. The average Bonchev–Trinajstić information content (AvgIpc) is 2.74. The molecular formula is C23H23F2N2O3+. The Bertz CT molecular complexity index is 1060. The lowest BCUT2D eigenvalue weighted by Gasteiger charge is -2.33. The zero-order valence-corrected chi connectivity index (χ0v) is 16.4. The Morgan fingerprint density at radius 3 is 2.57 bits per heavy atom. The van der Waals surface area contributed by atoms with E-state index in [1.165, 1.54) is 35.4 Å². The Hall–Kier alpha value is -3.19. The van der Waals surface area contributed by atoms with Crippen LogP contribution in [0.5, 0.6) is 5.75 Å². The number of ether oxygens (including phenoxy) is 1. The van der Waals surface area contributed by atoms with Gasteiger partial charge >= 0.3 is 0 Å². The Balaban J connectivity index is 1.32. The van der Waals surface area contributed by atoms with Crippen molar-refractivity contribution in [2.45, 2.75) is 13.2 Å². The molecule has 1 aliphatic rings. The fourth-order valence-electron chi connectivity index (χ4n) is 3.62. The molecule has 0 amide bonds. The van der Waals surface area contributed by atoms with E-state index in [0.717, 1.165) is 26.2 Å². The number of hydrogen-bond donors (Lipinski definition) is 1. The van der Waals surface area contributed by atoms with Gasteiger partial charge in [-0.2, -0.15) is 0 Å². The first-order valence-corrected chi connectivity index (χ1v) is 9.90. The number of quaternary nitrogens is 1. The molecule has 1 aromatic heterocycles. The number of para-hydroxylation sites is 1. The number of rotatable bonds is 6. The first kappa shape index (κ1) is 20.1. The van der Waals surface area contributed by atoms with Crippen molar-refractivity contribution in [2.24, 2.45) is 0 Å². The Labute approximate surface area is 173 Å². The normalized spacial score (nSPS) is 14.7. The Morgan fingerprint density at radius 1 is 1.03 bits per heavy atom. The van der Waals surface area contributed by atoms with Crippen LogP contribution < -0.4 is 20.0 Å². The van der Waals surface area contributed by atoms with Gasteiger partial charge in [0.25, 0.3) is 0 Å². The molecule has 2 aromatic carbocycles. The van der Waals surface area contributed by atoms with Gasteiger partial charge < -0.3 is 19.0 Å². The number of halogens is 2. The average molecular weight is 413 g/mol. The number of hydrogen-bond acceptors (Lipinski definition) is 4. The summed E-state index contributed by atoms with van der Waals surface area (Å²) in [6, 6.07) is 14.3. The molecule has 5 nitrogen and oxygen atoms in total. The summed E-state index contributed by atoms with van der Waals surface area (Å²) in [4.78, 5) is 15.6. The second-order valence-corrected chi connectivity index (χ2v) is 7.36. The van der Waals surface area contributed by atoms with Crippen molar-refractivity contribution in [1.29, 1.82) is 0 Å².